The number of hydrogen-bond acceptors (Lipinski definition) is 3. The van der Waals surface area contributed by atoms with Crippen LogP contribution in [0.4, 0.5) is 0 Å². The lowest BCUT2D eigenvalue weighted by atomic mass is 9.57. The van der Waals surface area contributed by atoms with E-state index >= 15 is 0 Å². The van der Waals surface area contributed by atoms with Crippen LogP contribution < -0.4 is 10.6 Å². The van der Waals surface area contributed by atoms with Crippen LogP contribution in [-0.2, 0) is 9.47 Å². The van der Waals surface area contributed by atoms with E-state index in [4.69, 9.17) is 14.5 Å². The zero-order chi connectivity index (χ0) is 18.6. The monoisotopic (exact) mass is 365 g/mol. The Balaban J connectivity index is 1.55. The molecule has 0 radical (unpaired) electrons. The van der Waals surface area contributed by atoms with E-state index in [1.54, 1.807) is 0 Å². The van der Waals surface area contributed by atoms with E-state index in [1.165, 1.54) is 32.1 Å². The van der Waals surface area contributed by atoms with Crippen LogP contribution in [0.3, 0.4) is 0 Å². The van der Waals surface area contributed by atoms with Crippen LogP contribution in [0.15, 0.2) is 4.99 Å². The summed E-state index contributed by atoms with van der Waals surface area (Å²) in [7, 11) is 0. The van der Waals surface area contributed by atoms with Crippen molar-refractivity contribution < 1.29 is 9.47 Å². The summed E-state index contributed by atoms with van der Waals surface area (Å²) in [5, 5.41) is 7.14. The molecule has 5 nitrogen and oxygen atoms in total. The molecular weight excluding hydrogens is 326 g/mol. The number of nitrogens with one attached hydrogen (secondary N) is 2. The Morgan fingerprint density at radius 2 is 2.00 bits per heavy atom. The minimum Gasteiger partial charge on any atom is -0.378 e. The van der Waals surface area contributed by atoms with Crippen LogP contribution in [0, 0.1) is 17.3 Å². The molecule has 0 amide bonds. The highest BCUT2D eigenvalue weighted by atomic mass is 16.5. The molecule has 0 spiro atoms. The first-order valence-corrected chi connectivity index (χ1v) is 10.9. The number of hydrogen-bond donors (Lipinski definition) is 2. The van der Waals surface area contributed by atoms with E-state index in [2.05, 4.69) is 38.3 Å². The summed E-state index contributed by atoms with van der Waals surface area (Å²) in [5.74, 6) is 2.32. The molecule has 0 aromatic rings. The lowest BCUT2D eigenvalue weighted by Crippen LogP contribution is -2.68. The van der Waals surface area contributed by atoms with Crippen molar-refractivity contribution >= 4 is 5.96 Å². The molecule has 4 atom stereocenters. The van der Waals surface area contributed by atoms with Gasteiger partial charge in [0.2, 0.25) is 0 Å². The van der Waals surface area contributed by atoms with Crippen molar-refractivity contribution in [1.82, 2.24) is 10.6 Å². The number of rotatable bonds is 8. The topological polar surface area (TPSA) is 54.9 Å². The minimum absolute atomic E-state index is 0.176. The Kier molecular flexibility index (Phi) is 6.84. The van der Waals surface area contributed by atoms with Crippen LogP contribution >= 0.6 is 0 Å². The van der Waals surface area contributed by atoms with Gasteiger partial charge in [-0.3, -0.25) is 4.99 Å². The summed E-state index contributed by atoms with van der Waals surface area (Å²) in [6.07, 6.45) is 8.36. The molecule has 4 unspecified atom stereocenters. The zero-order valence-corrected chi connectivity index (χ0v) is 17.2. The molecule has 0 aromatic heterocycles. The predicted octanol–water partition coefficient (Wildman–Crippen LogP) is 3.34. The van der Waals surface area contributed by atoms with E-state index in [9.17, 15) is 0 Å². The molecule has 1 saturated heterocycles. The van der Waals surface area contributed by atoms with Crippen molar-refractivity contribution in [3.05, 3.63) is 0 Å². The van der Waals surface area contributed by atoms with Gasteiger partial charge in [0.15, 0.2) is 5.96 Å². The van der Waals surface area contributed by atoms with Gasteiger partial charge in [0.05, 0.1) is 12.2 Å². The lowest BCUT2D eigenvalue weighted by Gasteiger charge is -2.54. The fraction of sp³-hybridized carbons (Fsp3) is 0.952. The normalized spacial score (nSPS) is 32.2. The summed E-state index contributed by atoms with van der Waals surface area (Å²) < 4.78 is 12.0. The SMILES string of the molecule is CCNC(=NCCC(OCC)C1CCCC1)NC1C2CCOC2C1(C)C. The second-order valence-corrected chi connectivity index (χ2v) is 8.77. The molecule has 1 heterocycles. The third-order valence-electron chi connectivity index (χ3n) is 6.73. The number of aliphatic imine (C=N–C) groups is 1. The highest BCUT2D eigenvalue weighted by molar-refractivity contribution is 5.80. The van der Waals surface area contributed by atoms with Gasteiger partial charge in [-0.05, 0) is 45.4 Å². The van der Waals surface area contributed by atoms with Gasteiger partial charge in [-0.2, -0.15) is 0 Å². The van der Waals surface area contributed by atoms with Gasteiger partial charge in [-0.25, -0.2) is 0 Å². The van der Waals surface area contributed by atoms with Crippen molar-refractivity contribution in [2.75, 3.05) is 26.3 Å². The number of guanidine groups is 1. The van der Waals surface area contributed by atoms with E-state index in [1.807, 2.05) is 0 Å². The fourth-order valence-corrected chi connectivity index (χ4v) is 5.39. The Hall–Kier alpha value is -0.810. The van der Waals surface area contributed by atoms with Crippen LogP contribution in [0.2, 0.25) is 0 Å². The molecule has 2 N–H and O–H groups in total. The first-order valence-electron chi connectivity index (χ1n) is 10.9. The molecule has 1 aliphatic heterocycles. The predicted molar refractivity (Wildman–Crippen MR) is 107 cm³/mol. The molecule has 0 bridgehead atoms. The maximum absolute atomic E-state index is 6.04. The first-order chi connectivity index (χ1) is 12.6. The second-order valence-electron chi connectivity index (χ2n) is 8.77. The Morgan fingerprint density at radius 1 is 1.23 bits per heavy atom. The molecule has 26 heavy (non-hydrogen) atoms. The van der Waals surface area contributed by atoms with E-state index < -0.39 is 0 Å². The van der Waals surface area contributed by atoms with Gasteiger partial charge in [0.25, 0.3) is 0 Å². The van der Waals surface area contributed by atoms with Crippen molar-refractivity contribution in [2.45, 2.75) is 84.5 Å². The summed E-state index contributed by atoms with van der Waals surface area (Å²) >= 11 is 0. The summed E-state index contributed by atoms with van der Waals surface area (Å²) in [5.41, 5.74) is 0.176. The van der Waals surface area contributed by atoms with Crippen molar-refractivity contribution in [1.29, 1.82) is 0 Å². The maximum Gasteiger partial charge on any atom is 0.191 e. The zero-order valence-electron chi connectivity index (χ0n) is 17.2. The molecular formula is C21H39N3O2. The molecule has 150 valence electrons. The smallest absolute Gasteiger partial charge is 0.191 e. The third kappa shape index (κ3) is 4.19. The van der Waals surface area contributed by atoms with Gasteiger partial charge in [-0.1, -0.05) is 26.7 Å². The minimum atomic E-state index is 0.176. The summed E-state index contributed by atoms with van der Waals surface area (Å²) in [6, 6.07) is 0.449. The van der Waals surface area contributed by atoms with Crippen molar-refractivity contribution in [2.24, 2.45) is 22.2 Å². The van der Waals surface area contributed by atoms with E-state index in [0.29, 0.717) is 24.2 Å². The molecule has 0 aromatic carbocycles. The van der Waals surface area contributed by atoms with Crippen LogP contribution in [-0.4, -0.2) is 50.5 Å². The average molecular weight is 366 g/mol. The molecule has 2 aliphatic carbocycles. The summed E-state index contributed by atoms with van der Waals surface area (Å²) in [4.78, 5) is 4.88. The average Bonchev–Trinajstić information content (AvgIpc) is 3.29. The van der Waals surface area contributed by atoms with E-state index in [0.717, 1.165) is 44.6 Å². The Labute approximate surface area is 159 Å². The van der Waals surface area contributed by atoms with Gasteiger partial charge in [-0.15, -0.1) is 0 Å². The Morgan fingerprint density at radius 3 is 2.69 bits per heavy atom. The van der Waals surface area contributed by atoms with E-state index in [-0.39, 0.29) is 5.41 Å². The number of fused-ring (bicyclic) bond motifs is 1. The van der Waals surface area contributed by atoms with Crippen molar-refractivity contribution in [3.8, 4) is 0 Å². The van der Waals surface area contributed by atoms with Gasteiger partial charge >= 0.3 is 0 Å². The molecule has 3 aliphatic rings. The number of ether oxygens (including phenoxy) is 2. The fourth-order valence-electron chi connectivity index (χ4n) is 5.39. The van der Waals surface area contributed by atoms with Gasteiger partial charge in [0.1, 0.15) is 0 Å². The molecule has 3 fully saturated rings. The van der Waals surface area contributed by atoms with Gasteiger partial charge < -0.3 is 20.1 Å². The maximum atomic E-state index is 6.04. The quantitative estimate of drug-likeness (QED) is 0.512. The van der Waals surface area contributed by atoms with Crippen LogP contribution in [0.5, 0.6) is 0 Å². The first kappa shape index (κ1) is 19.9. The lowest BCUT2D eigenvalue weighted by molar-refractivity contribution is -0.106. The number of nitrogens with zero attached hydrogens (tertiary/aromatic N) is 1. The highest BCUT2D eigenvalue weighted by Gasteiger charge is 2.59. The summed E-state index contributed by atoms with van der Waals surface area (Å²) in [6.45, 7) is 12.3. The molecule has 5 heteroatoms. The molecule has 3 rings (SSSR count). The van der Waals surface area contributed by atoms with Crippen molar-refractivity contribution in [3.63, 3.8) is 0 Å². The second kappa shape index (κ2) is 8.92. The highest BCUT2D eigenvalue weighted by Crippen LogP contribution is 2.52. The Bertz CT molecular complexity index is 474. The third-order valence-corrected chi connectivity index (χ3v) is 6.73. The van der Waals surface area contributed by atoms with Crippen LogP contribution in [0.25, 0.3) is 0 Å². The molecule has 2 saturated carbocycles. The standard InChI is InChI=1S/C21H39N3O2/c1-5-22-20(24-18-16-12-14-26-19(16)21(18,3)4)23-13-11-17(25-6-2)15-9-7-8-10-15/h15-19H,5-14H2,1-4H3,(H2,22,23,24). The van der Waals surface area contributed by atoms with Gasteiger partial charge in [0, 0.05) is 43.7 Å². The van der Waals surface area contributed by atoms with Crippen LogP contribution in [0.1, 0.15) is 66.2 Å². The largest absolute Gasteiger partial charge is 0.378 e.